The fraction of sp³-hybridized carbons (Fsp3) is 0.429. The Bertz CT molecular complexity index is 1140. The first kappa shape index (κ1) is 18.9. The summed E-state index contributed by atoms with van der Waals surface area (Å²) in [4.78, 5) is 20.4. The summed E-state index contributed by atoms with van der Waals surface area (Å²) < 4.78 is 27.8. The van der Waals surface area contributed by atoms with Crippen LogP contribution in [0.4, 0.5) is 10.2 Å². The lowest BCUT2D eigenvalue weighted by Gasteiger charge is -2.18. The number of fused-ring (bicyclic) bond motifs is 1. The topological polar surface area (TPSA) is 91.2 Å². The molecular weight excluding hydrogens is 389 g/mol. The Morgan fingerprint density at radius 2 is 2.20 bits per heavy atom. The Kier molecular flexibility index (Phi) is 4.43. The fourth-order valence-electron chi connectivity index (χ4n) is 3.80. The summed E-state index contributed by atoms with van der Waals surface area (Å²) in [5.74, 6) is 1.53. The lowest BCUT2D eigenvalue weighted by Crippen LogP contribution is -2.22. The molecule has 1 aliphatic heterocycles. The van der Waals surface area contributed by atoms with Crippen molar-refractivity contribution >= 4 is 22.6 Å². The van der Waals surface area contributed by atoms with E-state index in [2.05, 4.69) is 15.3 Å². The quantitative estimate of drug-likeness (QED) is 0.693. The molecule has 156 valence electrons. The Balaban J connectivity index is 1.69. The van der Waals surface area contributed by atoms with Gasteiger partial charge in [0.05, 0.1) is 37.2 Å². The average Bonchev–Trinajstić information content (AvgIpc) is 3.36. The molecule has 0 aromatic carbocycles. The predicted octanol–water partition coefficient (Wildman–Crippen LogP) is 3.25. The van der Waals surface area contributed by atoms with E-state index in [0.29, 0.717) is 29.9 Å². The zero-order valence-electron chi connectivity index (χ0n) is 16.8. The predicted molar refractivity (Wildman–Crippen MR) is 108 cm³/mol. The molecule has 1 aliphatic carbocycles. The highest BCUT2D eigenvalue weighted by molar-refractivity contribution is 5.91. The van der Waals surface area contributed by atoms with E-state index in [1.165, 1.54) is 14.0 Å². The van der Waals surface area contributed by atoms with Crippen molar-refractivity contribution in [1.82, 2.24) is 19.7 Å². The first-order valence-electron chi connectivity index (χ1n) is 9.97. The van der Waals surface area contributed by atoms with Crippen LogP contribution in [0.15, 0.2) is 24.4 Å². The van der Waals surface area contributed by atoms with Crippen LogP contribution in [0.2, 0.25) is 0 Å². The first-order chi connectivity index (χ1) is 14.5. The summed E-state index contributed by atoms with van der Waals surface area (Å²) >= 11 is 0. The average molecular weight is 411 g/mol. The normalized spacial score (nSPS) is 21.2. The molecule has 30 heavy (non-hydrogen) atoms. The van der Waals surface area contributed by atoms with Gasteiger partial charge in [0.25, 0.3) is 0 Å². The largest absolute Gasteiger partial charge is 0.497 e. The summed E-state index contributed by atoms with van der Waals surface area (Å²) in [7, 11) is 1.54. The van der Waals surface area contributed by atoms with E-state index in [-0.39, 0.29) is 24.6 Å². The second-order valence-electron chi connectivity index (χ2n) is 7.86. The van der Waals surface area contributed by atoms with Crippen molar-refractivity contribution in [3.63, 3.8) is 0 Å². The van der Waals surface area contributed by atoms with Gasteiger partial charge in [0.15, 0.2) is 11.5 Å². The highest BCUT2D eigenvalue weighted by atomic mass is 19.1. The van der Waals surface area contributed by atoms with Crippen LogP contribution in [0, 0.1) is 0 Å². The lowest BCUT2D eigenvalue weighted by atomic mass is 10.0. The van der Waals surface area contributed by atoms with Crippen LogP contribution < -0.4 is 10.1 Å². The molecule has 0 spiro atoms. The van der Waals surface area contributed by atoms with E-state index in [4.69, 9.17) is 14.6 Å². The Labute approximate surface area is 172 Å². The summed E-state index contributed by atoms with van der Waals surface area (Å²) in [6, 6.07) is 5.10. The van der Waals surface area contributed by atoms with E-state index in [1.54, 1.807) is 29.1 Å². The number of alkyl halides is 1. The van der Waals surface area contributed by atoms with Gasteiger partial charge >= 0.3 is 0 Å². The molecule has 8 nitrogen and oxygen atoms in total. The number of hydrogen-bond acceptors (Lipinski definition) is 6. The van der Waals surface area contributed by atoms with Crippen LogP contribution in [-0.4, -0.2) is 46.0 Å². The van der Waals surface area contributed by atoms with Gasteiger partial charge in [0, 0.05) is 49.0 Å². The van der Waals surface area contributed by atoms with Crippen LogP contribution in [0.5, 0.6) is 5.75 Å². The standard InChI is InChI=1S/C21H22FN5O3/c1-12(28)24-18-9-16-15(10-23-18)20(13-3-4-13)26-27(16)19-8-14(29-2)7-17(25-19)21(22)5-6-30-11-21/h7-10,13H,3-6,11H2,1-2H3,(H,23,24,28). The smallest absolute Gasteiger partial charge is 0.222 e. The molecule has 0 radical (unpaired) electrons. The number of ether oxygens (including phenoxy) is 2. The Hall–Kier alpha value is -3.07. The number of aromatic nitrogens is 4. The van der Waals surface area contributed by atoms with Crippen molar-refractivity contribution < 1.29 is 18.7 Å². The Morgan fingerprint density at radius 1 is 1.37 bits per heavy atom. The van der Waals surface area contributed by atoms with Crippen molar-refractivity contribution in [3.05, 3.63) is 35.8 Å². The first-order valence-corrected chi connectivity index (χ1v) is 9.97. The number of anilines is 1. The molecule has 2 aliphatic rings. The maximum atomic E-state index is 15.4. The molecule has 3 aromatic rings. The molecule has 4 heterocycles. The van der Waals surface area contributed by atoms with Gasteiger partial charge in [-0.3, -0.25) is 4.79 Å². The molecular formula is C21H22FN5O3. The zero-order chi connectivity index (χ0) is 20.9. The number of halogens is 1. The van der Waals surface area contributed by atoms with E-state index in [1.807, 2.05) is 0 Å². The number of pyridine rings is 2. The number of hydrogen-bond donors (Lipinski definition) is 1. The molecule has 2 fully saturated rings. The van der Waals surface area contributed by atoms with E-state index in [9.17, 15) is 4.79 Å². The maximum Gasteiger partial charge on any atom is 0.222 e. The van der Waals surface area contributed by atoms with Crippen LogP contribution >= 0.6 is 0 Å². The summed E-state index contributed by atoms with van der Waals surface area (Å²) in [5.41, 5.74) is 0.298. The number of nitrogens with one attached hydrogen (secondary N) is 1. The monoisotopic (exact) mass is 411 g/mol. The van der Waals surface area contributed by atoms with Gasteiger partial charge in [-0.05, 0) is 12.8 Å². The number of carbonyl (C=O) groups excluding carboxylic acids is 1. The maximum absolute atomic E-state index is 15.4. The SMILES string of the molecule is COc1cc(-n2nc(C3CC3)c3cnc(NC(C)=O)cc32)nc(C2(F)CCOC2)c1. The van der Waals surface area contributed by atoms with Gasteiger partial charge in [0.2, 0.25) is 5.91 Å². The minimum Gasteiger partial charge on any atom is -0.497 e. The minimum atomic E-state index is -1.66. The van der Waals surface area contributed by atoms with Crippen molar-refractivity contribution in [2.75, 3.05) is 25.6 Å². The van der Waals surface area contributed by atoms with Gasteiger partial charge in [-0.1, -0.05) is 0 Å². The van der Waals surface area contributed by atoms with Gasteiger partial charge in [-0.2, -0.15) is 5.10 Å². The van der Waals surface area contributed by atoms with Crippen LogP contribution in [0.3, 0.4) is 0 Å². The Morgan fingerprint density at radius 3 is 2.87 bits per heavy atom. The highest BCUT2D eigenvalue weighted by Crippen LogP contribution is 2.43. The molecule has 1 saturated carbocycles. The third-order valence-electron chi connectivity index (χ3n) is 5.53. The third-order valence-corrected chi connectivity index (χ3v) is 5.53. The molecule has 9 heteroatoms. The van der Waals surface area contributed by atoms with E-state index in [0.717, 1.165) is 29.4 Å². The number of rotatable bonds is 5. The van der Waals surface area contributed by atoms with Crippen molar-refractivity contribution in [3.8, 4) is 11.6 Å². The fourth-order valence-corrected chi connectivity index (χ4v) is 3.80. The third kappa shape index (κ3) is 3.28. The molecule has 1 atom stereocenters. The van der Waals surface area contributed by atoms with E-state index >= 15 is 4.39 Å². The molecule has 1 saturated heterocycles. The molecule has 0 bridgehead atoms. The molecule has 1 amide bonds. The van der Waals surface area contributed by atoms with E-state index < -0.39 is 5.67 Å². The van der Waals surface area contributed by atoms with Crippen LogP contribution in [0.1, 0.15) is 43.5 Å². The lowest BCUT2D eigenvalue weighted by molar-refractivity contribution is -0.114. The van der Waals surface area contributed by atoms with Crippen molar-refractivity contribution in [1.29, 1.82) is 0 Å². The molecule has 1 N–H and O–H groups in total. The van der Waals surface area contributed by atoms with Gasteiger partial charge in [0.1, 0.15) is 11.6 Å². The van der Waals surface area contributed by atoms with Crippen LogP contribution in [0.25, 0.3) is 16.7 Å². The van der Waals surface area contributed by atoms with Gasteiger partial charge in [-0.25, -0.2) is 19.0 Å². The number of methoxy groups -OCH3 is 1. The molecule has 1 unspecified atom stereocenters. The second-order valence-corrected chi connectivity index (χ2v) is 7.86. The van der Waals surface area contributed by atoms with Crippen LogP contribution in [-0.2, 0) is 15.2 Å². The zero-order valence-corrected chi connectivity index (χ0v) is 16.8. The number of nitrogens with zero attached hydrogens (tertiary/aromatic N) is 4. The molecule has 3 aromatic heterocycles. The highest BCUT2D eigenvalue weighted by Gasteiger charge is 2.39. The summed E-state index contributed by atoms with van der Waals surface area (Å²) in [6.45, 7) is 1.75. The molecule has 5 rings (SSSR count). The summed E-state index contributed by atoms with van der Waals surface area (Å²) in [6.07, 6.45) is 4.11. The summed E-state index contributed by atoms with van der Waals surface area (Å²) in [5, 5.41) is 8.40. The second kappa shape index (κ2) is 7.02. The van der Waals surface area contributed by atoms with Crippen molar-refractivity contribution in [2.45, 2.75) is 37.8 Å². The van der Waals surface area contributed by atoms with Gasteiger partial charge in [-0.15, -0.1) is 0 Å². The van der Waals surface area contributed by atoms with Crippen molar-refractivity contribution in [2.24, 2.45) is 0 Å². The number of amides is 1. The minimum absolute atomic E-state index is 0.0314. The van der Waals surface area contributed by atoms with Gasteiger partial charge < -0.3 is 14.8 Å². The number of carbonyl (C=O) groups is 1.